The molecule has 0 bridgehead atoms. The third-order valence-electron chi connectivity index (χ3n) is 3.59. The Bertz CT molecular complexity index is 660. The minimum absolute atomic E-state index is 0.00118. The van der Waals surface area contributed by atoms with Crippen LogP contribution in [0.2, 0.25) is 0 Å². The van der Waals surface area contributed by atoms with Crippen molar-refractivity contribution in [3.63, 3.8) is 0 Å². The molecule has 0 saturated carbocycles. The Hall–Kier alpha value is -2.15. The van der Waals surface area contributed by atoms with Crippen LogP contribution in [0.15, 0.2) is 34.6 Å². The van der Waals surface area contributed by atoms with Gasteiger partial charge in [0.05, 0.1) is 16.8 Å². The summed E-state index contributed by atoms with van der Waals surface area (Å²) in [5.41, 5.74) is 0.641. The van der Waals surface area contributed by atoms with Gasteiger partial charge in [-0.3, -0.25) is 9.59 Å². The number of aromatic amines is 1. The van der Waals surface area contributed by atoms with Gasteiger partial charge in [-0.05, 0) is 24.3 Å². The lowest BCUT2D eigenvalue weighted by molar-refractivity contribution is 0.0935. The maximum Gasteiger partial charge on any atom is 0.266 e. The number of rotatable bonds is 3. The number of hydrogen-bond acceptors (Lipinski definition) is 5. The fourth-order valence-electron chi connectivity index (χ4n) is 2.49. The minimum Gasteiger partial charge on any atom is -0.370 e. The molecule has 0 aliphatic carbocycles. The fraction of sp³-hybridized carbons (Fsp3) is 0.357. The van der Waals surface area contributed by atoms with Crippen LogP contribution in [0.5, 0.6) is 0 Å². The van der Waals surface area contributed by atoms with Crippen LogP contribution in [0.4, 0.5) is 5.69 Å². The maximum atomic E-state index is 12.0. The summed E-state index contributed by atoms with van der Waals surface area (Å²) >= 11 is 1.45. The fourth-order valence-corrected chi connectivity index (χ4v) is 3.11. The van der Waals surface area contributed by atoms with Crippen molar-refractivity contribution in [1.29, 1.82) is 0 Å². The zero-order chi connectivity index (χ0) is 14.7. The molecule has 3 rings (SSSR count). The first kappa shape index (κ1) is 13.8. The molecule has 1 saturated heterocycles. The highest BCUT2D eigenvalue weighted by Crippen LogP contribution is 2.18. The summed E-state index contributed by atoms with van der Waals surface area (Å²) in [5.74, 6) is 0.00118. The zero-order valence-corrected chi connectivity index (χ0v) is 12.2. The first-order valence-electron chi connectivity index (χ1n) is 6.86. The third-order valence-corrected chi connectivity index (χ3v) is 4.46. The summed E-state index contributed by atoms with van der Waals surface area (Å²) in [5, 5.41) is 11.2. The molecule has 6 nitrogen and oxygen atoms in total. The van der Waals surface area contributed by atoms with Crippen molar-refractivity contribution in [2.24, 2.45) is 0 Å². The molecule has 2 aromatic rings. The van der Waals surface area contributed by atoms with Gasteiger partial charge in [-0.25, -0.2) is 5.10 Å². The van der Waals surface area contributed by atoms with Crippen molar-refractivity contribution in [3.8, 4) is 0 Å². The van der Waals surface area contributed by atoms with Gasteiger partial charge in [0.1, 0.15) is 0 Å². The molecule has 2 N–H and O–H groups in total. The minimum atomic E-state index is -0.194. The van der Waals surface area contributed by atoms with E-state index in [2.05, 4.69) is 20.4 Å². The lowest BCUT2D eigenvalue weighted by Gasteiger charge is -2.33. The van der Waals surface area contributed by atoms with Gasteiger partial charge in [0.2, 0.25) is 0 Å². The number of H-pyrrole nitrogens is 1. The normalized spacial score (nSPS) is 15.9. The molecule has 1 fully saturated rings. The topological polar surface area (TPSA) is 78.1 Å². The van der Waals surface area contributed by atoms with E-state index in [1.54, 1.807) is 12.3 Å². The van der Waals surface area contributed by atoms with Crippen LogP contribution in [0.3, 0.4) is 0 Å². The van der Waals surface area contributed by atoms with Crippen LogP contribution in [0, 0.1) is 0 Å². The number of nitrogens with zero attached hydrogens (tertiary/aromatic N) is 2. The van der Waals surface area contributed by atoms with E-state index in [4.69, 9.17) is 0 Å². The van der Waals surface area contributed by atoms with Gasteiger partial charge in [0, 0.05) is 25.2 Å². The van der Waals surface area contributed by atoms with Gasteiger partial charge in [-0.15, -0.1) is 11.3 Å². The molecule has 1 aliphatic heterocycles. The first-order valence-corrected chi connectivity index (χ1v) is 7.74. The zero-order valence-electron chi connectivity index (χ0n) is 11.4. The average molecular weight is 304 g/mol. The molecule has 0 radical (unpaired) electrons. The van der Waals surface area contributed by atoms with E-state index in [9.17, 15) is 9.59 Å². The van der Waals surface area contributed by atoms with Crippen molar-refractivity contribution in [2.75, 3.05) is 18.0 Å². The van der Waals surface area contributed by atoms with Crippen molar-refractivity contribution in [1.82, 2.24) is 15.5 Å². The smallest absolute Gasteiger partial charge is 0.266 e. The monoisotopic (exact) mass is 304 g/mol. The van der Waals surface area contributed by atoms with E-state index in [0.29, 0.717) is 0 Å². The lowest BCUT2D eigenvalue weighted by atomic mass is 10.0. The van der Waals surface area contributed by atoms with Crippen LogP contribution < -0.4 is 15.8 Å². The highest BCUT2D eigenvalue weighted by molar-refractivity contribution is 7.12. The van der Waals surface area contributed by atoms with Gasteiger partial charge >= 0.3 is 0 Å². The molecule has 1 aliphatic rings. The number of thiophene rings is 1. The Morgan fingerprint density at radius 3 is 2.90 bits per heavy atom. The SMILES string of the molecule is O=C(NC1CCN(c2cn[nH]c(=O)c2)CC1)c1cccs1. The Morgan fingerprint density at radius 2 is 2.24 bits per heavy atom. The van der Waals surface area contributed by atoms with E-state index in [-0.39, 0.29) is 17.5 Å². The van der Waals surface area contributed by atoms with Crippen molar-refractivity contribution in [3.05, 3.63) is 45.0 Å². The quantitative estimate of drug-likeness (QED) is 0.894. The van der Waals surface area contributed by atoms with Crippen LogP contribution in [0.25, 0.3) is 0 Å². The van der Waals surface area contributed by atoms with E-state index >= 15 is 0 Å². The van der Waals surface area contributed by atoms with Crippen molar-refractivity contribution in [2.45, 2.75) is 18.9 Å². The molecule has 0 spiro atoms. The summed E-state index contributed by atoms with van der Waals surface area (Å²) in [6.45, 7) is 1.61. The van der Waals surface area contributed by atoms with Crippen LogP contribution in [-0.2, 0) is 0 Å². The first-order chi connectivity index (χ1) is 10.2. The molecule has 21 heavy (non-hydrogen) atoms. The number of carbonyl (C=O) groups is 1. The third kappa shape index (κ3) is 3.30. The molecule has 1 amide bonds. The van der Waals surface area contributed by atoms with Crippen LogP contribution in [-0.4, -0.2) is 35.2 Å². The van der Waals surface area contributed by atoms with Crippen molar-refractivity contribution >= 4 is 22.9 Å². The number of carbonyl (C=O) groups excluding carboxylic acids is 1. The van der Waals surface area contributed by atoms with Crippen LogP contribution in [0.1, 0.15) is 22.5 Å². The highest BCUT2D eigenvalue weighted by Gasteiger charge is 2.21. The molecule has 0 atom stereocenters. The number of amides is 1. The number of piperidine rings is 1. The van der Waals surface area contributed by atoms with E-state index in [0.717, 1.165) is 36.5 Å². The number of aromatic nitrogens is 2. The van der Waals surface area contributed by atoms with E-state index < -0.39 is 0 Å². The predicted molar refractivity (Wildman–Crippen MR) is 81.9 cm³/mol. The van der Waals surface area contributed by atoms with Gasteiger partial charge in [0.15, 0.2) is 0 Å². The molecule has 3 heterocycles. The molecular formula is C14H16N4O2S. The Morgan fingerprint density at radius 1 is 1.43 bits per heavy atom. The largest absolute Gasteiger partial charge is 0.370 e. The standard InChI is InChI=1S/C14H16N4O2S/c19-13-8-11(9-15-17-13)18-5-3-10(4-6-18)16-14(20)12-2-1-7-21-12/h1-2,7-10H,3-6H2,(H,16,20)(H,17,19). The Balaban J connectivity index is 1.56. The van der Waals surface area contributed by atoms with E-state index in [1.807, 2.05) is 17.5 Å². The second-order valence-electron chi connectivity index (χ2n) is 5.02. The highest BCUT2D eigenvalue weighted by atomic mass is 32.1. The molecule has 110 valence electrons. The summed E-state index contributed by atoms with van der Waals surface area (Å²) in [4.78, 5) is 26.1. The Labute approximate surface area is 125 Å². The molecule has 0 unspecified atom stereocenters. The van der Waals surface area contributed by atoms with Gasteiger partial charge in [0.25, 0.3) is 11.5 Å². The maximum absolute atomic E-state index is 12.0. The summed E-state index contributed by atoms with van der Waals surface area (Å²) in [6, 6.07) is 5.45. The van der Waals surface area contributed by atoms with Crippen molar-refractivity contribution < 1.29 is 4.79 Å². The summed E-state index contributed by atoms with van der Waals surface area (Å²) in [7, 11) is 0. The molecule has 0 aromatic carbocycles. The summed E-state index contributed by atoms with van der Waals surface area (Å²) in [6.07, 6.45) is 3.39. The summed E-state index contributed by atoms with van der Waals surface area (Å²) < 4.78 is 0. The molecular weight excluding hydrogens is 288 g/mol. The van der Waals surface area contributed by atoms with E-state index in [1.165, 1.54) is 11.3 Å². The predicted octanol–water partition coefficient (Wildman–Crippen LogP) is 1.23. The van der Waals surface area contributed by atoms with Crippen LogP contribution >= 0.6 is 11.3 Å². The number of anilines is 1. The average Bonchev–Trinajstić information content (AvgIpc) is 3.02. The number of hydrogen-bond donors (Lipinski definition) is 2. The molecule has 2 aromatic heterocycles. The Kier molecular flexibility index (Phi) is 4.01. The van der Waals surface area contributed by atoms with Gasteiger partial charge < -0.3 is 10.2 Å². The lowest BCUT2D eigenvalue weighted by Crippen LogP contribution is -2.44. The second kappa shape index (κ2) is 6.09. The van der Waals surface area contributed by atoms with Gasteiger partial charge in [-0.1, -0.05) is 6.07 Å². The second-order valence-corrected chi connectivity index (χ2v) is 5.96. The molecule has 7 heteroatoms. The number of nitrogens with one attached hydrogen (secondary N) is 2. The van der Waals surface area contributed by atoms with Gasteiger partial charge in [-0.2, -0.15) is 5.10 Å².